The Kier molecular flexibility index (Phi) is 5.44. The summed E-state index contributed by atoms with van der Waals surface area (Å²) in [6.07, 6.45) is 1.10. The van der Waals surface area contributed by atoms with Crippen LogP contribution in [0.5, 0.6) is 0 Å². The number of hydrogen-bond donors (Lipinski definition) is 1. The van der Waals surface area contributed by atoms with E-state index in [0.29, 0.717) is 0 Å². The van der Waals surface area contributed by atoms with E-state index in [0.717, 1.165) is 23.6 Å². The number of benzene rings is 2. The van der Waals surface area contributed by atoms with Gasteiger partial charge in [0, 0.05) is 5.02 Å². The maximum atomic E-state index is 6.52. The molecule has 0 aliphatic carbocycles. The van der Waals surface area contributed by atoms with E-state index in [2.05, 4.69) is 69.4 Å². The summed E-state index contributed by atoms with van der Waals surface area (Å²) in [5, 5.41) is 4.46. The summed E-state index contributed by atoms with van der Waals surface area (Å²) < 4.78 is 0. The molecule has 0 saturated heterocycles. The Morgan fingerprint density at radius 3 is 2.24 bits per heavy atom. The Labute approximate surface area is 133 Å². The second-order valence-electron chi connectivity index (χ2n) is 5.76. The average Bonchev–Trinajstić information content (AvgIpc) is 2.46. The molecular weight excluding hydrogens is 278 g/mol. The zero-order chi connectivity index (χ0) is 15.4. The molecule has 0 bridgehead atoms. The van der Waals surface area contributed by atoms with Crippen LogP contribution in [0.3, 0.4) is 0 Å². The van der Waals surface area contributed by atoms with Gasteiger partial charge in [-0.2, -0.15) is 0 Å². The highest BCUT2D eigenvalue weighted by molar-refractivity contribution is 6.31. The molecule has 0 amide bonds. The van der Waals surface area contributed by atoms with Crippen LogP contribution >= 0.6 is 11.6 Å². The van der Waals surface area contributed by atoms with Gasteiger partial charge in [-0.3, -0.25) is 0 Å². The molecule has 0 aliphatic rings. The third-order valence-electron chi connectivity index (χ3n) is 3.93. The predicted molar refractivity (Wildman–Crippen MR) is 92.2 cm³/mol. The fourth-order valence-corrected chi connectivity index (χ4v) is 2.81. The van der Waals surface area contributed by atoms with Crippen molar-refractivity contribution in [2.45, 2.75) is 40.2 Å². The lowest BCUT2D eigenvalue weighted by atomic mass is 9.95. The molecule has 0 aliphatic heterocycles. The molecule has 2 aromatic carbocycles. The van der Waals surface area contributed by atoms with Crippen LogP contribution in [0.1, 0.15) is 47.2 Å². The van der Waals surface area contributed by atoms with Crippen molar-refractivity contribution in [3.8, 4) is 0 Å². The molecule has 1 unspecified atom stereocenters. The second-order valence-corrected chi connectivity index (χ2v) is 6.16. The van der Waals surface area contributed by atoms with Gasteiger partial charge in [0.15, 0.2) is 0 Å². The normalized spacial score (nSPS) is 12.4. The molecule has 0 fully saturated rings. The van der Waals surface area contributed by atoms with Gasteiger partial charge >= 0.3 is 0 Å². The summed E-state index contributed by atoms with van der Waals surface area (Å²) in [6.45, 7) is 9.51. The quantitative estimate of drug-likeness (QED) is 0.784. The molecule has 21 heavy (non-hydrogen) atoms. The lowest BCUT2D eigenvalue weighted by Crippen LogP contribution is -2.23. The monoisotopic (exact) mass is 301 g/mol. The smallest absolute Gasteiger partial charge is 0.0591 e. The molecule has 0 heterocycles. The van der Waals surface area contributed by atoms with Gasteiger partial charge in [0.25, 0.3) is 0 Å². The van der Waals surface area contributed by atoms with Crippen molar-refractivity contribution in [1.82, 2.24) is 5.32 Å². The van der Waals surface area contributed by atoms with Crippen LogP contribution < -0.4 is 5.32 Å². The Morgan fingerprint density at radius 1 is 1.00 bits per heavy atom. The van der Waals surface area contributed by atoms with E-state index in [1.54, 1.807) is 0 Å². The minimum absolute atomic E-state index is 0.150. The summed E-state index contributed by atoms with van der Waals surface area (Å²) in [4.78, 5) is 0. The average molecular weight is 302 g/mol. The van der Waals surface area contributed by atoms with E-state index in [4.69, 9.17) is 11.6 Å². The Balaban J connectivity index is 2.45. The number of nitrogens with one attached hydrogen (secondary N) is 1. The lowest BCUT2D eigenvalue weighted by Gasteiger charge is -2.22. The van der Waals surface area contributed by atoms with Crippen molar-refractivity contribution in [3.63, 3.8) is 0 Å². The van der Waals surface area contributed by atoms with Crippen molar-refractivity contribution in [2.24, 2.45) is 0 Å². The molecular formula is C19H24ClN. The maximum absolute atomic E-state index is 6.52. The lowest BCUT2D eigenvalue weighted by molar-refractivity contribution is 0.598. The number of hydrogen-bond acceptors (Lipinski definition) is 1. The highest BCUT2D eigenvalue weighted by Crippen LogP contribution is 2.31. The van der Waals surface area contributed by atoms with Crippen LogP contribution in [0, 0.1) is 20.8 Å². The molecule has 2 aromatic rings. The Hall–Kier alpha value is -1.31. The summed E-state index contributed by atoms with van der Waals surface area (Å²) in [5.41, 5.74) is 6.22. The first kappa shape index (κ1) is 16.1. The third-order valence-corrected chi connectivity index (χ3v) is 4.26. The molecule has 0 spiro atoms. The SMILES string of the molecule is CCCNC(c1ccc(C)cc1)c1cc(C)c(C)cc1Cl. The first-order valence-corrected chi connectivity index (χ1v) is 7.97. The molecule has 112 valence electrons. The second kappa shape index (κ2) is 7.11. The van der Waals surface area contributed by atoms with Crippen LogP contribution in [0.15, 0.2) is 36.4 Å². The predicted octanol–water partition coefficient (Wildman–Crippen LogP) is 5.35. The Morgan fingerprint density at radius 2 is 1.62 bits per heavy atom. The van der Waals surface area contributed by atoms with E-state index in [1.165, 1.54) is 22.3 Å². The number of rotatable bonds is 5. The molecule has 2 heteroatoms. The summed E-state index contributed by atoms with van der Waals surface area (Å²) in [5.74, 6) is 0. The van der Waals surface area contributed by atoms with Gasteiger partial charge in [0.1, 0.15) is 0 Å². The molecule has 1 atom stereocenters. The van der Waals surface area contributed by atoms with E-state index in [9.17, 15) is 0 Å². The fraction of sp³-hybridized carbons (Fsp3) is 0.368. The van der Waals surface area contributed by atoms with Crippen LogP contribution in [0.2, 0.25) is 5.02 Å². The van der Waals surface area contributed by atoms with Crippen molar-refractivity contribution in [2.75, 3.05) is 6.54 Å². The van der Waals surface area contributed by atoms with Crippen molar-refractivity contribution < 1.29 is 0 Å². The number of halogens is 1. The first-order valence-electron chi connectivity index (χ1n) is 7.59. The van der Waals surface area contributed by atoms with E-state index in [1.807, 2.05) is 0 Å². The van der Waals surface area contributed by atoms with E-state index < -0.39 is 0 Å². The highest BCUT2D eigenvalue weighted by atomic mass is 35.5. The summed E-state index contributed by atoms with van der Waals surface area (Å²) >= 11 is 6.52. The van der Waals surface area contributed by atoms with Gasteiger partial charge in [0.05, 0.1) is 6.04 Å². The van der Waals surface area contributed by atoms with Crippen LogP contribution in [0.4, 0.5) is 0 Å². The first-order chi connectivity index (χ1) is 10.0. The third kappa shape index (κ3) is 3.87. The molecule has 1 nitrogen and oxygen atoms in total. The minimum Gasteiger partial charge on any atom is -0.306 e. The number of aryl methyl sites for hydroxylation is 3. The maximum Gasteiger partial charge on any atom is 0.0591 e. The van der Waals surface area contributed by atoms with Gasteiger partial charge in [-0.25, -0.2) is 0 Å². The molecule has 0 saturated carbocycles. The van der Waals surface area contributed by atoms with Crippen molar-refractivity contribution >= 4 is 11.6 Å². The van der Waals surface area contributed by atoms with Crippen molar-refractivity contribution in [3.05, 3.63) is 69.2 Å². The summed E-state index contributed by atoms with van der Waals surface area (Å²) in [6, 6.07) is 13.1. The largest absolute Gasteiger partial charge is 0.306 e. The summed E-state index contributed by atoms with van der Waals surface area (Å²) in [7, 11) is 0. The zero-order valence-corrected chi connectivity index (χ0v) is 14.1. The standard InChI is InChI=1S/C19H24ClN/c1-5-10-21-19(16-8-6-13(2)7-9-16)17-11-14(3)15(4)12-18(17)20/h6-9,11-12,19,21H,5,10H2,1-4H3. The molecule has 0 aromatic heterocycles. The zero-order valence-electron chi connectivity index (χ0n) is 13.3. The van der Waals surface area contributed by atoms with E-state index >= 15 is 0 Å². The van der Waals surface area contributed by atoms with Gasteiger partial charge in [-0.1, -0.05) is 54.4 Å². The van der Waals surface area contributed by atoms with Gasteiger partial charge in [-0.15, -0.1) is 0 Å². The van der Waals surface area contributed by atoms with E-state index in [-0.39, 0.29) is 6.04 Å². The minimum atomic E-state index is 0.150. The van der Waals surface area contributed by atoms with Crippen LogP contribution in [-0.4, -0.2) is 6.54 Å². The van der Waals surface area contributed by atoms with Crippen molar-refractivity contribution in [1.29, 1.82) is 0 Å². The van der Waals surface area contributed by atoms with Gasteiger partial charge < -0.3 is 5.32 Å². The van der Waals surface area contributed by atoms with Gasteiger partial charge in [-0.05, 0) is 62.1 Å². The highest BCUT2D eigenvalue weighted by Gasteiger charge is 2.17. The molecule has 1 N–H and O–H groups in total. The van der Waals surface area contributed by atoms with Gasteiger partial charge in [0.2, 0.25) is 0 Å². The molecule has 2 rings (SSSR count). The molecule has 0 radical (unpaired) electrons. The fourth-order valence-electron chi connectivity index (χ4n) is 2.48. The Bertz CT molecular complexity index is 602. The van der Waals surface area contributed by atoms with Crippen LogP contribution in [0.25, 0.3) is 0 Å². The van der Waals surface area contributed by atoms with Crippen LogP contribution in [-0.2, 0) is 0 Å². The topological polar surface area (TPSA) is 12.0 Å².